The predicted molar refractivity (Wildman–Crippen MR) is 125 cm³/mol. The van der Waals surface area contributed by atoms with E-state index < -0.39 is 6.04 Å². The van der Waals surface area contributed by atoms with Crippen LogP contribution >= 0.6 is 11.6 Å². The third-order valence-corrected chi connectivity index (χ3v) is 5.60. The van der Waals surface area contributed by atoms with Crippen LogP contribution in [-0.2, 0) is 22.6 Å². The van der Waals surface area contributed by atoms with E-state index in [9.17, 15) is 9.59 Å². The summed E-state index contributed by atoms with van der Waals surface area (Å²) in [6.07, 6.45) is 2.27. The molecule has 0 heterocycles. The van der Waals surface area contributed by atoms with E-state index in [2.05, 4.69) is 12.2 Å². The van der Waals surface area contributed by atoms with Crippen LogP contribution in [0.5, 0.6) is 5.75 Å². The van der Waals surface area contributed by atoms with Crippen LogP contribution in [0.1, 0.15) is 51.7 Å². The molecule has 6 heteroatoms. The summed E-state index contributed by atoms with van der Waals surface area (Å²) >= 11 is 6.00. The minimum atomic E-state index is -0.580. The van der Waals surface area contributed by atoms with Crippen LogP contribution in [0.25, 0.3) is 0 Å². The summed E-state index contributed by atoms with van der Waals surface area (Å²) < 4.78 is 5.74. The van der Waals surface area contributed by atoms with Gasteiger partial charge >= 0.3 is 0 Å². The number of amides is 2. The van der Waals surface area contributed by atoms with Crippen molar-refractivity contribution >= 4 is 23.4 Å². The first-order chi connectivity index (χ1) is 14.9. The maximum atomic E-state index is 13.2. The molecule has 2 rings (SSSR count). The van der Waals surface area contributed by atoms with E-state index in [0.29, 0.717) is 23.7 Å². The third-order valence-electron chi connectivity index (χ3n) is 5.35. The highest BCUT2D eigenvalue weighted by atomic mass is 35.5. The molecule has 2 aromatic carbocycles. The summed E-state index contributed by atoms with van der Waals surface area (Å²) in [7, 11) is 0. The monoisotopic (exact) mass is 444 g/mol. The summed E-state index contributed by atoms with van der Waals surface area (Å²) in [6, 6.07) is 14.5. The fraction of sp³-hybridized carbons (Fsp3) is 0.440. The molecule has 2 atom stereocenters. The Bertz CT molecular complexity index is 837. The maximum Gasteiger partial charge on any atom is 0.261 e. The number of benzene rings is 2. The van der Waals surface area contributed by atoms with Crippen molar-refractivity contribution in [2.24, 2.45) is 0 Å². The number of ether oxygens (including phenoxy) is 1. The number of nitrogens with one attached hydrogen (secondary N) is 1. The van der Waals surface area contributed by atoms with Crippen molar-refractivity contribution < 1.29 is 14.3 Å². The van der Waals surface area contributed by atoms with E-state index in [4.69, 9.17) is 16.3 Å². The molecule has 2 amide bonds. The van der Waals surface area contributed by atoms with Gasteiger partial charge in [0, 0.05) is 17.6 Å². The summed E-state index contributed by atoms with van der Waals surface area (Å²) in [4.78, 5) is 27.7. The number of nitrogens with zero attached hydrogens (tertiary/aromatic N) is 1. The number of aryl methyl sites for hydroxylation is 1. The van der Waals surface area contributed by atoms with Crippen molar-refractivity contribution in [2.75, 3.05) is 6.61 Å². The van der Waals surface area contributed by atoms with Gasteiger partial charge in [-0.25, -0.2) is 0 Å². The lowest BCUT2D eigenvalue weighted by atomic mass is 10.1. The molecule has 31 heavy (non-hydrogen) atoms. The van der Waals surface area contributed by atoms with Crippen molar-refractivity contribution in [2.45, 2.75) is 65.6 Å². The normalized spacial score (nSPS) is 12.7. The van der Waals surface area contributed by atoms with Crippen molar-refractivity contribution in [1.29, 1.82) is 0 Å². The second kappa shape index (κ2) is 12.4. The van der Waals surface area contributed by atoms with Gasteiger partial charge in [-0.2, -0.15) is 0 Å². The molecule has 0 fully saturated rings. The molecule has 0 bridgehead atoms. The van der Waals surface area contributed by atoms with Gasteiger partial charge in [0.05, 0.1) is 0 Å². The summed E-state index contributed by atoms with van der Waals surface area (Å²) in [5.74, 6) is 0.251. The van der Waals surface area contributed by atoms with E-state index in [1.54, 1.807) is 17.0 Å². The average molecular weight is 445 g/mol. The molecule has 0 aliphatic heterocycles. The number of hydrogen-bond donors (Lipinski definition) is 1. The quantitative estimate of drug-likeness (QED) is 0.530. The largest absolute Gasteiger partial charge is 0.484 e. The summed E-state index contributed by atoms with van der Waals surface area (Å²) in [5, 5.41) is 3.63. The first kappa shape index (κ1) is 24.7. The minimum Gasteiger partial charge on any atom is -0.484 e. The van der Waals surface area contributed by atoms with Gasteiger partial charge in [0.1, 0.15) is 11.8 Å². The lowest BCUT2D eigenvalue weighted by molar-refractivity contribution is -0.143. The smallest absolute Gasteiger partial charge is 0.261 e. The second-order valence-corrected chi connectivity index (χ2v) is 8.11. The zero-order valence-electron chi connectivity index (χ0n) is 18.9. The van der Waals surface area contributed by atoms with E-state index in [1.807, 2.05) is 57.2 Å². The number of hydrogen-bond acceptors (Lipinski definition) is 3. The Morgan fingerprint density at radius 2 is 1.58 bits per heavy atom. The molecule has 0 aliphatic carbocycles. The third kappa shape index (κ3) is 7.59. The topological polar surface area (TPSA) is 58.6 Å². The maximum absolute atomic E-state index is 13.2. The molecule has 0 saturated heterocycles. The Kier molecular flexibility index (Phi) is 9.86. The van der Waals surface area contributed by atoms with Gasteiger partial charge in [0.15, 0.2) is 6.61 Å². The molecular formula is C25H33ClN2O3. The molecule has 0 saturated carbocycles. The summed E-state index contributed by atoms with van der Waals surface area (Å²) in [5.41, 5.74) is 2.11. The molecule has 1 N–H and O–H groups in total. The molecule has 0 aliphatic rings. The molecule has 0 aromatic heterocycles. The SMILES string of the molecule is CCc1ccc(OCC(=O)N(Cc2ccc(Cl)cc2)[C@H](CC)C(=O)N[C@H](C)CC)cc1. The second-order valence-electron chi connectivity index (χ2n) is 7.68. The van der Waals surface area contributed by atoms with Crippen LogP contribution in [0, 0.1) is 0 Å². The molecule has 0 spiro atoms. The number of carbonyl (C=O) groups is 2. The number of rotatable bonds is 11. The van der Waals surface area contributed by atoms with Gasteiger partial charge in [-0.05, 0) is 61.6 Å². The van der Waals surface area contributed by atoms with E-state index in [-0.39, 0.29) is 24.5 Å². The van der Waals surface area contributed by atoms with Crippen molar-refractivity contribution in [3.05, 3.63) is 64.7 Å². The van der Waals surface area contributed by atoms with Crippen LogP contribution in [0.2, 0.25) is 5.02 Å². The fourth-order valence-corrected chi connectivity index (χ4v) is 3.32. The van der Waals surface area contributed by atoms with Crippen molar-refractivity contribution in [3.63, 3.8) is 0 Å². The van der Waals surface area contributed by atoms with Gasteiger partial charge < -0.3 is 15.0 Å². The van der Waals surface area contributed by atoms with Gasteiger partial charge in [0.2, 0.25) is 5.91 Å². The van der Waals surface area contributed by atoms with Crippen molar-refractivity contribution in [3.8, 4) is 5.75 Å². The molecular weight excluding hydrogens is 412 g/mol. The van der Waals surface area contributed by atoms with E-state index >= 15 is 0 Å². The first-order valence-corrected chi connectivity index (χ1v) is 11.3. The first-order valence-electron chi connectivity index (χ1n) is 10.9. The van der Waals surface area contributed by atoms with Gasteiger partial charge in [-0.1, -0.05) is 56.6 Å². The lowest BCUT2D eigenvalue weighted by Crippen LogP contribution is -2.51. The molecule has 0 radical (unpaired) electrons. The Balaban J connectivity index is 2.18. The Labute approximate surface area is 190 Å². The molecule has 2 aromatic rings. The van der Waals surface area contributed by atoms with Crippen LogP contribution in [-0.4, -0.2) is 35.4 Å². The minimum absolute atomic E-state index is 0.0439. The number of carbonyl (C=O) groups excluding carboxylic acids is 2. The molecule has 5 nitrogen and oxygen atoms in total. The van der Waals surface area contributed by atoms with Gasteiger partial charge in [-0.15, -0.1) is 0 Å². The average Bonchev–Trinajstić information content (AvgIpc) is 2.78. The zero-order valence-corrected chi connectivity index (χ0v) is 19.6. The highest BCUT2D eigenvalue weighted by molar-refractivity contribution is 6.30. The van der Waals surface area contributed by atoms with Crippen LogP contribution < -0.4 is 10.1 Å². The highest BCUT2D eigenvalue weighted by Gasteiger charge is 2.29. The molecule has 168 valence electrons. The van der Waals surface area contributed by atoms with Gasteiger partial charge in [0.25, 0.3) is 5.91 Å². The predicted octanol–water partition coefficient (Wildman–Crippen LogP) is 5.00. The fourth-order valence-electron chi connectivity index (χ4n) is 3.20. The van der Waals surface area contributed by atoms with Crippen molar-refractivity contribution in [1.82, 2.24) is 10.2 Å². The van der Waals surface area contributed by atoms with E-state index in [1.165, 1.54) is 5.56 Å². The van der Waals surface area contributed by atoms with Gasteiger partial charge in [-0.3, -0.25) is 9.59 Å². The van der Waals surface area contributed by atoms with Crippen LogP contribution in [0.3, 0.4) is 0 Å². The highest BCUT2D eigenvalue weighted by Crippen LogP contribution is 2.17. The Hall–Kier alpha value is -2.53. The zero-order chi connectivity index (χ0) is 22.8. The standard InChI is InChI=1S/C25H33ClN2O3/c1-5-18(4)27-25(30)23(7-3)28(16-20-8-12-21(26)13-9-20)24(29)17-31-22-14-10-19(6-2)11-15-22/h8-15,18,23H,5-7,16-17H2,1-4H3,(H,27,30)/t18-,23-/m1/s1. The van der Waals surface area contributed by atoms with Crippen LogP contribution in [0.15, 0.2) is 48.5 Å². The van der Waals surface area contributed by atoms with Crippen LogP contribution in [0.4, 0.5) is 0 Å². The summed E-state index contributed by atoms with van der Waals surface area (Å²) in [6.45, 7) is 8.14. The number of halogens is 1. The Morgan fingerprint density at radius 1 is 0.968 bits per heavy atom. The lowest BCUT2D eigenvalue weighted by Gasteiger charge is -2.31. The van der Waals surface area contributed by atoms with E-state index in [0.717, 1.165) is 18.4 Å². The Morgan fingerprint density at radius 3 is 2.13 bits per heavy atom. The molecule has 0 unspecified atom stereocenters.